The molecule has 0 saturated carbocycles. The molecule has 32 heavy (non-hydrogen) atoms. The average molecular weight is 541 g/mol. The molecular weight excluding hydrogens is 519 g/mol. The van der Waals surface area contributed by atoms with Crippen molar-refractivity contribution >= 4 is 43.2 Å². The Morgan fingerprint density at radius 1 is 1.19 bits per heavy atom. The third-order valence-electron chi connectivity index (χ3n) is 4.72. The molecule has 0 unspecified atom stereocenters. The standard InChI is InChI=1S/C22H22BrFN2O4S2/c1-22(2,3)26(4)21(27)30-13-18-25-19(16-10-5-6-11-17(16)24)20(31-18)32(28,29)15-9-7-8-14(23)12-15/h5-12H,13H2,1-4H3. The van der Waals surface area contributed by atoms with E-state index in [4.69, 9.17) is 4.74 Å². The first-order chi connectivity index (χ1) is 14.9. The lowest BCUT2D eigenvalue weighted by molar-refractivity contribution is 0.0759. The normalized spacial score (nSPS) is 11.9. The summed E-state index contributed by atoms with van der Waals surface area (Å²) < 4.78 is 47.1. The van der Waals surface area contributed by atoms with E-state index in [0.29, 0.717) is 4.47 Å². The Kier molecular flexibility index (Phi) is 7.06. The van der Waals surface area contributed by atoms with E-state index in [1.807, 2.05) is 20.8 Å². The van der Waals surface area contributed by atoms with Crippen LogP contribution < -0.4 is 0 Å². The average Bonchev–Trinajstić information content (AvgIpc) is 3.16. The van der Waals surface area contributed by atoms with Gasteiger partial charge in [0.15, 0.2) is 4.21 Å². The van der Waals surface area contributed by atoms with E-state index in [2.05, 4.69) is 20.9 Å². The zero-order valence-electron chi connectivity index (χ0n) is 17.9. The van der Waals surface area contributed by atoms with Gasteiger partial charge in [0.25, 0.3) is 0 Å². The molecule has 0 spiro atoms. The van der Waals surface area contributed by atoms with Crippen molar-refractivity contribution in [2.24, 2.45) is 0 Å². The number of rotatable bonds is 5. The van der Waals surface area contributed by atoms with Gasteiger partial charge in [-0.15, -0.1) is 11.3 Å². The number of thiazole rings is 1. The summed E-state index contributed by atoms with van der Waals surface area (Å²) in [6, 6.07) is 12.1. The minimum Gasteiger partial charge on any atom is -0.442 e. The third-order valence-corrected chi connectivity index (χ3v) is 8.50. The highest BCUT2D eigenvalue weighted by Crippen LogP contribution is 2.37. The number of hydrogen-bond donors (Lipinski definition) is 0. The van der Waals surface area contributed by atoms with Crippen molar-refractivity contribution in [3.8, 4) is 11.3 Å². The van der Waals surface area contributed by atoms with E-state index in [0.717, 1.165) is 11.3 Å². The van der Waals surface area contributed by atoms with Crippen LogP contribution >= 0.6 is 27.3 Å². The molecule has 0 aliphatic carbocycles. The molecule has 0 aliphatic heterocycles. The van der Waals surface area contributed by atoms with Crippen molar-refractivity contribution < 1.29 is 22.3 Å². The molecule has 1 amide bonds. The van der Waals surface area contributed by atoms with Gasteiger partial charge >= 0.3 is 6.09 Å². The van der Waals surface area contributed by atoms with Gasteiger partial charge < -0.3 is 9.64 Å². The van der Waals surface area contributed by atoms with Gasteiger partial charge in [0.05, 0.1) is 4.90 Å². The van der Waals surface area contributed by atoms with Crippen molar-refractivity contribution in [2.45, 2.75) is 42.0 Å². The van der Waals surface area contributed by atoms with Gasteiger partial charge in [-0.05, 0) is 51.1 Å². The molecule has 3 aromatic rings. The summed E-state index contributed by atoms with van der Waals surface area (Å²) in [7, 11) is -2.40. The first-order valence-electron chi connectivity index (χ1n) is 9.57. The Morgan fingerprint density at radius 3 is 2.50 bits per heavy atom. The van der Waals surface area contributed by atoms with E-state index in [-0.39, 0.29) is 32.0 Å². The Bertz CT molecular complexity index is 1250. The van der Waals surface area contributed by atoms with Crippen LogP contribution in [-0.4, -0.2) is 37.0 Å². The second-order valence-corrected chi connectivity index (χ2v) is 12.1. The molecule has 2 aromatic carbocycles. The molecule has 10 heteroatoms. The zero-order valence-corrected chi connectivity index (χ0v) is 21.1. The first kappa shape index (κ1) is 24.3. The van der Waals surface area contributed by atoms with Crippen LogP contribution in [0, 0.1) is 5.82 Å². The molecule has 6 nitrogen and oxygen atoms in total. The van der Waals surface area contributed by atoms with E-state index in [1.54, 1.807) is 25.2 Å². The Labute approximate surface area is 199 Å². The molecule has 0 saturated heterocycles. The van der Waals surface area contributed by atoms with Crippen molar-refractivity contribution in [1.82, 2.24) is 9.88 Å². The van der Waals surface area contributed by atoms with Crippen LogP contribution in [0.15, 0.2) is 62.1 Å². The second-order valence-electron chi connectivity index (χ2n) is 7.97. The molecule has 0 fully saturated rings. The van der Waals surface area contributed by atoms with Gasteiger partial charge in [-0.25, -0.2) is 22.6 Å². The highest BCUT2D eigenvalue weighted by atomic mass is 79.9. The van der Waals surface area contributed by atoms with Crippen molar-refractivity contribution in [2.75, 3.05) is 7.05 Å². The quantitative estimate of drug-likeness (QED) is 0.402. The molecule has 0 aliphatic rings. The van der Waals surface area contributed by atoms with Gasteiger partial charge in [-0.1, -0.05) is 34.1 Å². The summed E-state index contributed by atoms with van der Waals surface area (Å²) in [5.74, 6) is -0.598. The van der Waals surface area contributed by atoms with Crippen LogP contribution in [-0.2, 0) is 21.2 Å². The lowest BCUT2D eigenvalue weighted by Crippen LogP contribution is -2.42. The number of nitrogens with zero attached hydrogens (tertiary/aromatic N) is 2. The van der Waals surface area contributed by atoms with Crippen LogP contribution in [0.3, 0.4) is 0 Å². The van der Waals surface area contributed by atoms with Crippen LogP contribution in [0.25, 0.3) is 11.3 Å². The molecule has 170 valence electrons. The summed E-state index contributed by atoms with van der Waals surface area (Å²) >= 11 is 4.13. The van der Waals surface area contributed by atoms with Crippen molar-refractivity contribution in [1.29, 1.82) is 0 Å². The third kappa shape index (κ3) is 5.19. The minimum absolute atomic E-state index is 0.0108. The maximum Gasteiger partial charge on any atom is 0.410 e. The molecule has 0 radical (unpaired) electrons. The van der Waals surface area contributed by atoms with E-state index >= 15 is 0 Å². The second kappa shape index (κ2) is 9.29. The van der Waals surface area contributed by atoms with Gasteiger partial charge in [0.1, 0.15) is 23.1 Å². The summed E-state index contributed by atoms with van der Waals surface area (Å²) in [6.07, 6.45) is -0.573. The van der Waals surface area contributed by atoms with Gasteiger partial charge in [0.2, 0.25) is 9.84 Å². The van der Waals surface area contributed by atoms with Crippen LogP contribution in [0.1, 0.15) is 25.8 Å². The summed E-state index contributed by atoms with van der Waals surface area (Å²) in [4.78, 5) is 18.1. The number of aromatic nitrogens is 1. The van der Waals surface area contributed by atoms with Crippen LogP contribution in [0.5, 0.6) is 0 Å². The van der Waals surface area contributed by atoms with E-state index in [1.165, 1.54) is 35.2 Å². The van der Waals surface area contributed by atoms with Gasteiger partial charge in [-0.2, -0.15) is 0 Å². The maximum absolute atomic E-state index is 14.5. The largest absolute Gasteiger partial charge is 0.442 e. The summed E-state index contributed by atoms with van der Waals surface area (Å²) in [5.41, 5.74) is -0.405. The maximum atomic E-state index is 14.5. The van der Waals surface area contributed by atoms with E-state index in [9.17, 15) is 17.6 Å². The van der Waals surface area contributed by atoms with Crippen molar-refractivity contribution in [3.05, 3.63) is 63.8 Å². The summed E-state index contributed by atoms with van der Waals surface area (Å²) in [5, 5.41) is 0.243. The number of benzene rings is 2. The highest BCUT2D eigenvalue weighted by molar-refractivity contribution is 9.10. The smallest absolute Gasteiger partial charge is 0.410 e. The Morgan fingerprint density at radius 2 is 1.88 bits per heavy atom. The molecule has 0 atom stereocenters. The molecule has 0 N–H and O–H groups in total. The molecule has 1 aromatic heterocycles. The number of carbonyl (C=O) groups is 1. The molecule has 3 rings (SSSR count). The molecular formula is C22H22BrFN2O4S2. The molecule has 0 bridgehead atoms. The number of amides is 1. The Balaban J connectivity index is 2.04. The fraction of sp³-hybridized carbons (Fsp3) is 0.273. The number of halogens is 2. The lowest BCUT2D eigenvalue weighted by atomic mass is 10.1. The highest BCUT2D eigenvalue weighted by Gasteiger charge is 2.29. The van der Waals surface area contributed by atoms with E-state index < -0.39 is 27.3 Å². The van der Waals surface area contributed by atoms with Crippen LogP contribution in [0.2, 0.25) is 0 Å². The van der Waals surface area contributed by atoms with Crippen molar-refractivity contribution in [3.63, 3.8) is 0 Å². The van der Waals surface area contributed by atoms with Crippen LogP contribution in [0.4, 0.5) is 9.18 Å². The molecule has 1 heterocycles. The monoisotopic (exact) mass is 540 g/mol. The number of sulfone groups is 1. The SMILES string of the molecule is CN(C(=O)OCc1nc(-c2ccccc2F)c(S(=O)(=O)c2cccc(Br)c2)s1)C(C)(C)C. The first-order valence-corrected chi connectivity index (χ1v) is 12.7. The predicted molar refractivity (Wildman–Crippen MR) is 125 cm³/mol. The fourth-order valence-electron chi connectivity index (χ4n) is 2.65. The minimum atomic E-state index is -4.01. The number of ether oxygens (including phenoxy) is 1. The number of carbonyl (C=O) groups excluding carboxylic acids is 1. The van der Waals surface area contributed by atoms with Gasteiger partial charge in [-0.3, -0.25) is 0 Å². The topological polar surface area (TPSA) is 76.6 Å². The fourth-order valence-corrected chi connectivity index (χ4v) is 6.10. The lowest BCUT2D eigenvalue weighted by Gasteiger charge is -2.30. The van der Waals surface area contributed by atoms with Gasteiger partial charge in [0, 0.05) is 22.6 Å². The number of hydrogen-bond acceptors (Lipinski definition) is 6. The zero-order chi connectivity index (χ0) is 23.7. The summed E-state index contributed by atoms with van der Waals surface area (Å²) in [6.45, 7) is 5.34. The predicted octanol–water partition coefficient (Wildman–Crippen LogP) is 5.91. The Hall–Kier alpha value is -2.30.